The van der Waals surface area contributed by atoms with E-state index in [1.165, 1.54) is 0 Å². The summed E-state index contributed by atoms with van der Waals surface area (Å²) in [5, 5.41) is 3.04. The van der Waals surface area contributed by atoms with Gasteiger partial charge in [-0.15, -0.1) is 0 Å². The number of rotatable bonds is 6. The Hall–Kier alpha value is -1.42. The molecular weight excluding hydrogens is 226 g/mol. The second kappa shape index (κ2) is 7.11. The molecule has 4 heteroatoms. The summed E-state index contributed by atoms with van der Waals surface area (Å²) >= 11 is 0. The summed E-state index contributed by atoms with van der Waals surface area (Å²) < 4.78 is 0. The molecule has 4 nitrogen and oxygen atoms in total. The lowest BCUT2D eigenvalue weighted by molar-refractivity contribution is -0.137. The first-order valence-electron chi connectivity index (χ1n) is 6.41. The van der Waals surface area contributed by atoms with E-state index < -0.39 is 0 Å². The number of carbonyl (C=O) groups excluding carboxylic acids is 1. The number of nitrogens with zero attached hydrogens (tertiary/aromatic N) is 2. The second-order valence-electron chi connectivity index (χ2n) is 4.84. The third-order valence-corrected chi connectivity index (χ3v) is 2.90. The summed E-state index contributed by atoms with van der Waals surface area (Å²) in [6, 6.07) is 5.96. The number of amides is 1. The standard InChI is InChI=1S/C14H23N3O/c1-11(2)17(14(18)12(3)9-15-4)10-13-7-5-6-8-16-13/h5-8,11-12,15H,9-10H2,1-4H3. The molecule has 0 radical (unpaired) electrons. The van der Waals surface area contributed by atoms with Crippen LogP contribution in [0.4, 0.5) is 0 Å². The zero-order valence-electron chi connectivity index (χ0n) is 11.7. The number of aromatic nitrogens is 1. The second-order valence-corrected chi connectivity index (χ2v) is 4.84. The van der Waals surface area contributed by atoms with E-state index in [9.17, 15) is 4.79 Å². The Morgan fingerprint density at radius 3 is 2.61 bits per heavy atom. The molecule has 100 valence electrons. The molecule has 0 aliphatic rings. The highest BCUT2D eigenvalue weighted by molar-refractivity contribution is 5.79. The maximum absolute atomic E-state index is 12.3. The van der Waals surface area contributed by atoms with Crippen LogP contribution in [0.1, 0.15) is 26.5 Å². The minimum absolute atomic E-state index is 0.0129. The first kappa shape index (κ1) is 14.6. The third kappa shape index (κ3) is 4.11. The van der Waals surface area contributed by atoms with Crippen molar-refractivity contribution in [2.75, 3.05) is 13.6 Å². The Balaban J connectivity index is 2.74. The van der Waals surface area contributed by atoms with Gasteiger partial charge in [0.15, 0.2) is 0 Å². The molecule has 0 saturated carbocycles. The van der Waals surface area contributed by atoms with E-state index >= 15 is 0 Å². The molecule has 0 spiro atoms. The van der Waals surface area contributed by atoms with E-state index in [2.05, 4.69) is 10.3 Å². The van der Waals surface area contributed by atoms with E-state index in [1.807, 2.05) is 50.9 Å². The first-order valence-corrected chi connectivity index (χ1v) is 6.41. The van der Waals surface area contributed by atoms with Crippen LogP contribution in [0, 0.1) is 5.92 Å². The molecule has 1 atom stereocenters. The summed E-state index contributed by atoms with van der Waals surface area (Å²) in [5.74, 6) is 0.158. The number of pyridine rings is 1. The van der Waals surface area contributed by atoms with E-state index in [4.69, 9.17) is 0 Å². The fourth-order valence-corrected chi connectivity index (χ4v) is 1.86. The molecule has 1 heterocycles. The maximum Gasteiger partial charge on any atom is 0.227 e. The first-order chi connectivity index (χ1) is 8.56. The molecule has 1 N–H and O–H groups in total. The third-order valence-electron chi connectivity index (χ3n) is 2.90. The van der Waals surface area contributed by atoms with Crippen molar-refractivity contribution in [2.24, 2.45) is 5.92 Å². The topological polar surface area (TPSA) is 45.2 Å². The van der Waals surface area contributed by atoms with Crippen LogP contribution in [0.3, 0.4) is 0 Å². The Morgan fingerprint density at radius 1 is 1.39 bits per heavy atom. The average molecular weight is 249 g/mol. The normalized spacial score (nSPS) is 12.5. The zero-order valence-corrected chi connectivity index (χ0v) is 11.7. The monoisotopic (exact) mass is 249 g/mol. The van der Waals surface area contributed by atoms with Gasteiger partial charge < -0.3 is 10.2 Å². The molecule has 1 amide bonds. The summed E-state index contributed by atoms with van der Waals surface area (Å²) in [6.45, 7) is 7.29. The van der Waals surface area contributed by atoms with Crippen LogP contribution in [0.2, 0.25) is 0 Å². The van der Waals surface area contributed by atoms with Crippen LogP contribution in [-0.4, -0.2) is 35.4 Å². The minimum Gasteiger partial charge on any atom is -0.334 e. The van der Waals surface area contributed by atoms with Gasteiger partial charge in [-0.1, -0.05) is 13.0 Å². The fraction of sp³-hybridized carbons (Fsp3) is 0.571. The van der Waals surface area contributed by atoms with Crippen molar-refractivity contribution >= 4 is 5.91 Å². The van der Waals surface area contributed by atoms with Crippen LogP contribution >= 0.6 is 0 Å². The van der Waals surface area contributed by atoms with Gasteiger partial charge in [-0.3, -0.25) is 9.78 Å². The predicted octanol–water partition coefficient (Wildman–Crippen LogP) is 1.67. The van der Waals surface area contributed by atoms with E-state index in [1.54, 1.807) is 6.20 Å². The Labute approximate surface area is 109 Å². The van der Waals surface area contributed by atoms with Crippen molar-refractivity contribution in [1.29, 1.82) is 0 Å². The van der Waals surface area contributed by atoms with Crippen LogP contribution in [0.25, 0.3) is 0 Å². The minimum atomic E-state index is -0.0129. The van der Waals surface area contributed by atoms with Gasteiger partial charge in [-0.05, 0) is 33.0 Å². The van der Waals surface area contributed by atoms with Crippen LogP contribution < -0.4 is 5.32 Å². The van der Waals surface area contributed by atoms with Crippen molar-refractivity contribution in [1.82, 2.24) is 15.2 Å². The SMILES string of the molecule is CNCC(C)C(=O)N(Cc1ccccn1)C(C)C. The molecule has 1 unspecified atom stereocenters. The van der Waals surface area contributed by atoms with Crippen molar-refractivity contribution in [2.45, 2.75) is 33.4 Å². The van der Waals surface area contributed by atoms with Crippen molar-refractivity contribution in [3.8, 4) is 0 Å². The van der Waals surface area contributed by atoms with E-state index in [0.29, 0.717) is 13.1 Å². The summed E-state index contributed by atoms with van der Waals surface area (Å²) in [6.07, 6.45) is 1.76. The predicted molar refractivity (Wildman–Crippen MR) is 73.0 cm³/mol. The van der Waals surface area contributed by atoms with Gasteiger partial charge in [-0.2, -0.15) is 0 Å². The van der Waals surface area contributed by atoms with Crippen LogP contribution in [0.5, 0.6) is 0 Å². The number of nitrogens with one attached hydrogen (secondary N) is 1. The Kier molecular flexibility index (Phi) is 5.78. The molecule has 18 heavy (non-hydrogen) atoms. The molecule has 0 fully saturated rings. The van der Waals surface area contributed by atoms with Crippen molar-refractivity contribution < 1.29 is 4.79 Å². The highest BCUT2D eigenvalue weighted by Gasteiger charge is 2.22. The number of hydrogen-bond donors (Lipinski definition) is 1. The lowest BCUT2D eigenvalue weighted by Crippen LogP contribution is -2.42. The van der Waals surface area contributed by atoms with E-state index in [-0.39, 0.29) is 17.9 Å². The van der Waals surface area contributed by atoms with Gasteiger partial charge in [0.05, 0.1) is 12.2 Å². The molecule has 0 aliphatic heterocycles. The fourth-order valence-electron chi connectivity index (χ4n) is 1.86. The van der Waals surface area contributed by atoms with Gasteiger partial charge in [0.25, 0.3) is 0 Å². The Bertz CT molecular complexity index is 365. The Morgan fingerprint density at radius 2 is 2.11 bits per heavy atom. The number of hydrogen-bond acceptors (Lipinski definition) is 3. The van der Waals surface area contributed by atoms with Crippen molar-refractivity contribution in [3.05, 3.63) is 30.1 Å². The highest BCUT2D eigenvalue weighted by atomic mass is 16.2. The lowest BCUT2D eigenvalue weighted by atomic mass is 10.1. The molecule has 1 aromatic heterocycles. The van der Waals surface area contributed by atoms with Gasteiger partial charge in [0.2, 0.25) is 5.91 Å². The van der Waals surface area contributed by atoms with Gasteiger partial charge >= 0.3 is 0 Å². The summed E-state index contributed by atoms with van der Waals surface area (Å²) in [7, 11) is 1.86. The summed E-state index contributed by atoms with van der Waals surface area (Å²) in [5.41, 5.74) is 0.927. The van der Waals surface area contributed by atoms with Gasteiger partial charge in [0, 0.05) is 24.7 Å². The smallest absolute Gasteiger partial charge is 0.227 e. The molecular formula is C14H23N3O. The lowest BCUT2D eigenvalue weighted by Gasteiger charge is -2.29. The number of carbonyl (C=O) groups is 1. The van der Waals surface area contributed by atoms with Crippen LogP contribution in [-0.2, 0) is 11.3 Å². The van der Waals surface area contributed by atoms with Crippen molar-refractivity contribution in [3.63, 3.8) is 0 Å². The summed E-state index contributed by atoms with van der Waals surface area (Å²) in [4.78, 5) is 18.5. The highest BCUT2D eigenvalue weighted by Crippen LogP contribution is 2.10. The zero-order chi connectivity index (χ0) is 13.5. The molecule has 0 aliphatic carbocycles. The quantitative estimate of drug-likeness (QED) is 0.834. The van der Waals surface area contributed by atoms with Gasteiger partial charge in [-0.25, -0.2) is 0 Å². The van der Waals surface area contributed by atoms with E-state index in [0.717, 1.165) is 5.69 Å². The molecule has 0 saturated heterocycles. The van der Waals surface area contributed by atoms with Crippen LogP contribution in [0.15, 0.2) is 24.4 Å². The van der Waals surface area contributed by atoms with Gasteiger partial charge in [0.1, 0.15) is 0 Å². The largest absolute Gasteiger partial charge is 0.334 e. The average Bonchev–Trinajstić information content (AvgIpc) is 2.36. The molecule has 0 bridgehead atoms. The molecule has 1 rings (SSSR count). The molecule has 1 aromatic rings. The molecule has 0 aromatic carbocycles. The maximum atomic E-state index is 12.3.